The van der Waals surface area contributed by atoms with Gasteiger partial charge in [0.15, 0.2) is 6.16 Å². The lowest BCUT2D eigenvalue weighted by Crippen LogP contribution is -2.19. The number of hydrogen-bond acceptors (Lipinski definition) is 6. The van der Waals surface area contributed by atoms with E-state index in [1.165, 1.54) is 13.3 Å². The molecule has 7 heteroatoms. The highest BCUT2D eigenvalue weighted by Crippen LogP contribution is 2.22. The molecule has 0 fully saturated rings. The van der Waals surface area contributed by atoms with Gasteiger partial charge in [-0.2, -0.15) is 0 Å². The molecule has 0 heterocycles. The highest BCUT2D eigenvalue weighted by atomic mass is 31.1. The lowest BCUT2D eigenvalue weighted by molar-refractivity contribution is 0.102. The van der Waals surface area contributed by atoms with Crippen LogP contribution in [0, 0.1) is 0 Å². The van der Waals surface area contributed by atoms with Crippen molar-refractivity contribution in [2.45, 2.75) is 31.7 Å². The molecule has 0 spiro atoms. The number of hydrogen-bond donors (Lipinski definition) is 2. The van der Waals surface area contributed by atoms with E-state index in [2.05, 4.69) is 9.68 Å². The summed E-state index contributed by atoms with van der Waals surface area (Å²) in [6.07, 6.45) is 0.263. The predicted octanol–water partition coefficient (Wildman–Crippen LogP) is 2.08. The number of rotatable bonds is 10. The first-order valence-corrected chi connectivity index (χ1v) is 8.02. The second-order valence-electron chi connectivity index (χ2n) is 4.50. The largest absolute Gasteiger partial charge is 0.507 e. The zero-order valence-corrected chi connectivity index (χ0v) is 12.9. The molecule has 1 rings (SSSR count). The molecule has 1 aromatic carbocycles. The van der Waals surface area contributed by atoms with Gasteiger partial charge in [0, 0.05) is 12.8 Å². The molecular weight excluding hydrogens is 293 g/mol. The van der Waals surface area contributed by atoms with Gasteiger partial charge in [0.25, 0.3) is 0 Å². The molecule has 0 amide bonds. The van der Waals surface area contributed by atoms with Crippen molar-refractivity contribution in [1.29, 1.82) is 0 Å². The van der Waals surface area contributed by atoms with Gasteiger partial charge in [-0.05, 0) is 10.1 Å². The van der Waals surface area contributed by atoms with Crippen molar-refractivity contribution in [3.63, 3.8) is 0 Å². The Morgan fingerprint density at radius 1 is 1.33 bits per heavy atom. The molecule has 0 saturated heterocycles. The molecule has 116 valence electrons. The molecule has 3 unspecified atom stereocenters. The lowest BCUT2D eigenvalue weighted by Gasteiger charge is -2.09. The van der Waals surface area contributed by atoms with Gasteiger partial charge in [0.1, 0.15) is 6.61 Å². The van der Waals surface area contributed by atoms with Crippen LogP contribution < -0.4 is 0 Å². The summed E-state index contributed by atoms with van der Waals surface area (Å²) < 4.78 is 15.7. The number of benzene rings is 1. The monoisotopic (exact) mass is 314 g/mol. The van der Waals surface area contributed by atoms with Crippen LogP contribution in [-0.4, -0.2) is 41.9 Å². The summed E-state index contributed by atoms with van der Waals surface area (Å²) >= 11 is 0. The minimum absolute atomic E-state index is 0.116. The van der Waals surface area contributed by atoms with E-state index < -0.39 is 20.2 Å². The summed E-state index contributed by atoms with van der Waals surface area (Å²) in [6.45, 7) is 0.320. The van der Waals surface area contributed by atoms with Crippen LogP contribution in [0.4, 0.5) is 0 Å². The summed E-state index contributed by atoms with van der Waals surface area (Å²) in [5, 5.41) is 23.0. The summed E-state index contributed by atoms with van der Waals surface area (Å²) in [4.78, 5) is 5.05. The maximum Gasteiger partial charge on any atom is 0.507 e. The first-order valence-electron chi connectivity index (χ1n) is 6.66. The summed E-state index contributed by atoms with van der Waals surface area (Å²) in [5.41, 5.74) is 0.979. The summed E-state index contributed by atoms with van der Waals surface area (Å²) in [7, 11) is -0.367. The molecule has 0 aliphatic carbocycles. The van der Waals surface area contributed by atoms with E-state index in [4.69, 9.17) is 4.84 Å². The van der Waals surface area contributed by atoms with Crippen LogP contribution in [-0.2, 0) is 20.5 Å². The Kier molecular flexibility index (Phi) is 8.78. The van der Waals surface area contributed by atoms with Crippen LogP contribution in [0.1, 0.15) is 18.4 Å². The molecule has 21 heavy (non-hydrogen) atoms. The van der Waals surface area contributed by atoms with Crippen molar-refractivity contribution >= 4 is 14.2 Å². The van der Waals surface area contributed by atoms with Gasteiger partial charge in [-0.1, -0.05) is 35.5 Å². The summed E-state index contributed by atoms with van der Waals surface area (Å²) in [5.74, 6) is 0. The smallest absolute Gasteiger partial charge is 0.393 e. The number of aliphatic hydroxyl groups is 2. The second kappa shape index (κ2) is 10.4. The fourth-order valence-electron chi connectivity index (χ4n) is 1.60. The Balaban J connectivity index is 2.18. The molecule has 2 N–H and O–H groups in total. The molecule has 0 aliphatic heterocycles. The van der Waals surface area contributed by atoms with Crippen molar-refractivity contribution < 1.29 is 24.1 Å². The van der Waals surface area contributed by atoms with Crippen molar-refractivity contribution in [3.05, 3.63) is 35.9 Å². The lowest BCUT2D eigenvalue weighted by atomic mass is 10.1. The van der Waals surface area contributed by atoms with E-state index in [1.54, 1.807) is 0 Å². The van der Waals surface area contributed by atoms with E-state index in [9.17, 15) is 14.8 Å². The van der Waals surface area contributed by atoms with Gasteiger partial charge < -0.3 is 15.1 Å². The van der Waals surface area contributed by atoms with Crippen molar-refractivity contribution in [1.82, 2.24) is 0 Å². The Morgan fingerprint density at radius 3 is 2.71 bits per heavy atom. The quantitative estimate of drug-likeness (QED) is 0.392. The van der Waals surface area contributed by atoms with E-state index in [0.29, 0.717) is 13.0 Å². The van der Waals surface area contributed by atoms with Crippen LogP contribution in [0.15, 0.2) is 35.5 Å². The number of oxime groups is 1. The zero-order valence-electron chi connectivity index (χ0n) is 12.0. The SMILES string of the molecule is CO[P+](=O)CCC(O)CC(O)C=NOCc1ccccc1. The molecule has 1 aromatic rings. The average Bonchev–Trinajstić information content (AvgIpc) is 2.50. The van der Waals surface area contributed by atoms with Crippen LogP contribution in [0.3, 0.4) is 0 Å². The third-order valence-electron chi connectivity index (χ3n) is 2.74. The van der Waals surface area contributed by atoms with Crippen molar-refractivity contribution in [3.8, 4) is 0 Å². The van der Waals surface area contributed by atoms with Crippen LogP contribution in [0.25, 0.3) is 0 Å². The third-order valence-corrected chi connectivity index (χ3v) is 3.77. The minimum Gasteiger partial charge on any atom is -0.393 e. The Hall–Kier alpha value is -1.33. The third kappa shape index (κ3) is 8.52. The first-order chi connectivity index (χ1) is 10.1. The molecule has 3 atom stereocenters. The zero-order chi connectivity index (χ0) is 15.5. The van der Waals surface area contributed by atoms with Gasteiger partial charge >= 0.3 is 8.03 Å². The fourth-order valence-corrected chi connectivity index (χ4v) is 2.29. The highest BCUT2D eigenvalue weighted by Gasteiger charge is 2.19. The van der Waals surface area contributed by atoms with Crippen LogP contribution >= 0.6 is 8.03 Å². The van der Waals surface area contributed by atoms with Crippen LogP contribution in [0.5, 0.6) is 0 Å². The molecule has 0 bridgehead atoms. The average molecular weight is 314 g/mol. The Bertz CT molecular complexity index is 440. The van der Waals surface area contributed by atoms with Crippen molar-refractivity contribution in [2.75, 3.05) is 13.3 Å². The number of aliphatic hydroxyl groups excluding tert-OH is 2. The standard InChI is InChI=1S/C14H21NO5P/c1-19-21(18)8-7-13(16)9-14(17)10-15-20-11-12-5-3-2-4-6-12/h2-6,10,13-14,16-17H,7-9,11H2,1H3/q+1. The molecule has 0 radical (unpaired) electrons. The predicted molar refractivity (Wildman–Crippen MR) is 80.5 cm³/mol. The normalized spacial score (nSPS) is 14.9. The van der Waals surface area contributed by atoms with Crippen molar-refractivity contribution in [2.24, 2.45) is 5.16 Å². The topological polar surface area (TPSA) is 88.4 Å². The second-order valence-corrected chi connectivity index (χ2v) is 5.98. The Labute approximate surface area is 125 Å². The van der Waals surface area contributed by atoms with Gasteiger partial charge in [-0.25, -0.2) is 0 Å². The summed E-state index contributed by atoms with van der Waals surface area (Å²) in [6, 6.07) is 9.53. The van der Waals surface area contributed by atoms with Gasteiger partial charge in [-0.3, -0.25) is 0 Å². The minimum atomic E-state index is -1.73. The molecular formula is C14H21NO5P+. The van der Waals surface area contributed by atoms with Crippen LogP contribution in [0.2, 0.25) is 0 Å². The highest BCUT2D eigenvalue weighted by molar-refractivity contribution is 7.39. The van der Waals surface area contributed by atoms with E-state index in [-0.39, 0.29) is 12.6 Å². The van der Waals surface area contributed by atoms with E-state index in [0.717, 1.165) is 5.56 Å². The van der Waals surface area contributed by atoms with Gasteiger partial charge in [-0.15, -0.1) is 4.52 Å². The maximum absolute atomic E-state index is 11.1. The van der Waals surface area contributed by atoms with E-state index >= 15 is 0 Å². The first kappa shape index (κ1) is 17.7. The molecule has 0 saturated carbocycles. The fraction of sp³-hybridized carbons (Fsp3) is 0.500. The molecule has 0 aromatic heterocycles. The Morgan fingerprint density at radius 2 is 2.05 bits per heavy atom. The molecule has 6 nitrogen and oxygen atoms in total. The van der Waals surface area contributed by atoms with Gasteiger partial charge in [0.05, 0.1) is 25.5 Å². The number of nitrogens with zero attached hydrogens (tertiary/aromatic N) is 1. The van der Waals surface area contributed by atoms with Gasteiger partial charge in [0.2, 0.25) is 0 Å². The molecule has 0 aliphatic rings. The maximum atomic E-state index is 11.1. The van der Waals surface area contributed by atoms with E-state index in [1.807, 2.05) is 30.3 Å².